The second-order valence-corrected chi connectivity index (χ2v) is 8.57. The van der Waals surface area contributed by atoms with Crippen LogP contribution in [0.25, 0.3) is 33.3 Å². The van der Waals surface area contributed by atoms with Gasteiger partial charge in [-0.1, -0.05) is 29.8 Å². The summed E-state index contributed by atoms with van der Waals surface area (Å²) in [4.78, 5) is 17.6. The fourth-order valence-corrected chi connectivity index (χ4v) is 4.08. The molecule has 0 aliphatic rings. The summed E-state index contributed by atoms with van der Waals surface area (Å²) in [6, 6.07) is 19.3. The third-order valence-electron chi connectivity index (χ3n) is 5.78. The second-order valence-electron chi connectivity index (χ2n) is 8.14. The maximum atomic E-state index is 13.2. The van der Waals surface area contributed by atoms with Crippen molar-refractivity contribution in [2.45, 2.75) is 13.8 Å². The highest BCUT2D eigenvalue weighted by Crippen LogP contribution is 2.29. The molecule has 0 aliphatic carbocycles. The van der Waals surface area contributed by atoms with Crippen molar-refractivity contribution in [3.05, 3.63) is 93.5 Å². The van der Waals surface area contributed by atoms with E-state index in [1.807, 2.05) is 80.7 Å². The summed E-state index contributed by atoms with van der Waals surface area (Å²) in [6.45, 7) is 3.92. The number of rotatable bonds is 4. The Morgan fingerprint density at radius 3 is 2.55 bits per heavy atom. The van der Waals surface area contributed by atoms with Crippen LogP contribution in [0, 0.1) is 13.8 Å². The third kappa shape index (κ3) is 4.01. The molecule has 5 aromatic rings. The molecular weight excluding hydrogens is 434 g/mol. The molecular formula is C26H22ClN5O. The normalized spacial score (nSPS) is 11.2. The predicted octanol–water partition coefficient (Wildman–Crippen LogP) is 6.00. The summed E-state index contributed by atoms with van der Waals surface area (Å²) >= 11 is 5.98. The lowest BCUT2D eigenvalue weighted by Gasteiger charge is -2.13. The monoisotopic (exact) mass is 455 g/mol. The topological polar surface area (TPSA) is 75.6 Å². The zero-order chi connectivity index (χ0) is 23.1. The molecule has 0 bridgehead atoms. The molecule has 0 radical (unpaired) electrons. The van der Waals surface area contributed by atoms with Crippen LogP contribution in [0.4, 0.5) is 11.5 Å². The summed E-state index contributed by atoms with van der Waals surface area (Å²) in [5.41, 5.74) is 6.95. The van der Waals surface area contributed by atoms with Gasteiger partial charge in [-0.3, -0.25) is 14.9 Å². The fraction of sp³-hybridized carbons (Fsp3) is 0.115. The van der Waals surface area contributed by atoms with Gasteiger partial charge in [-0.05, 0) is 66.9 Å². The summed E-state index contributed by atoms with van der Waals surface area (Å²) < 4.78 is 1.69. The van der Waals surface area contributed by atoms with E-state index in [4.69, 9.17) is 11.6 Å². The van der Waals surface area contributed by atoms with Crippen molar-refractivity contribution in [2.75, 3.05) is 5.32 Å². The first kappa shape index (κ1) is 21.0. The summed E-state index contributed by atoms with van der Waals surface area (Å²) in [5.74, 6) is 0.681. The van der Waals surface area contributed by atoms with Gasteiger partial charge in [-0.2, -0.15) is 5.10 Å². The minimum absolute atomic E-state index is 0.0434. The van der Waals surface area contributed by atoms with Crippen LogP contribution in [0.5, 0.6) is 0 Å². The highest BCUT2D eigenvalue weighted by molar-refractivity contribution is 6.30. The molecule has 2 aromatic carbocycles. The molecule has 2 N–H and O–H groups in total. The van der Waals surface area contributed by atoms with E-state index in [9.17, 15) is 4.79 Å². The van der Waals surface area contributed by atoms with Gasteiger partial charge in [0.05, 0.1) is 11.2 Å². The number of nitrogens with one attached hydrogen (secondary N) is 2. The average molecular weight is 456 g/mol. The Labute approximate surface area is 195 Å². The Morgan fingerprint density at radius 1 is 0.970 bits per heavy atom. The van der Waals surface area contributed by atoms with Gasteiger partial charge in [0.25, 0.3) is 5.56 Å². The number of nitrogens with zero attached hydrogens (tertiary/aromatic N) is 3. The van der Waals surface area contributed by atoms with Crippen molar-refractivity contribution >= 4 is 34.0 Å². The van der Waals surface area contributed by atoms with Gasteiger partial charge >= 0.3 is 0 Å². The largest absolute Gasteiger partial charge is 0.339 e. The first-order valence-electron chi connectivity index (χ1n) is 10.5. The van der Waals surface area contributed by atoms with Gasteiger partial charge in [-0.25, -0.2) is 0 Å². The number of aryl methyl sites for hydroxylation is 3. The lowest BCUT2D eigenvalue weighted by Crippen LogP contribution is -2.19. The van der Waals surface area contributed by atoms with Crippen LogP contribution in [0.1, 0.15) is 11.3 Å². The molecule has 0 saturated carbocycles. The molecule has 0 atom stereocenters. The van der Waals surface area contributed by atoms with Gasteiger partial charge in [0.2, 0.25) is 0 Å². The predicted molar refractivity (Wildman–Crippen MR) is 134 cm³/mol. The van der Waals surface area contributed by atoms with Crippen molar-refractivity contribution in [2.24, 2.45) is 7.05 Å². The van der Waals surface area contributed by atoms with Crippen molar-refractivity contribution in [1.29, 1.82) is 0 Å². The summed E-state index contributed by atoms with van der Waals surface area (Å²) in [6.07, 6.45) is 1.81. The number of aromatic nitrogens is 4. The van der Waals surface area contributed by atoms with E-state index in [0.717, 1.165) is 44.7 Å². The first-order chi connectivity index (χ1) is 15.9. The van der Waals surface area contributed by atoms with Gasteiger partial charge in [0.1, 0.15) is 0 Å². The minimum atomic E-state index is -0.0434. The highest BCUT2D eigenvalue weighted by Gasteiger charge is 2.13. The molecule has 7 heteroatoms. The van der Waals surface area contributed by atoms with E-state index in [-0.39, 0.29) is 5.56 Å². The van der Waals surface area contributed by atoms with Crippen molar-refractivity contribution in [1.82, 2.24) is 19.7 Å². The van der Waals surface area contributed by atoms with Crippen LogP contribution in [-0.2, 0) is 7.05 Å². The second kappa shape index (κ2) is 8.22. The Morgan fingerprint density at radius 2 is 1.76 bits per heavy atom. The van der Waals surface area contributed by atoms with Crippen molar-refractivity contribution in [3.8, 4) is 22.4 Å². The quantitative estimate of drug-likeness (QED) is 0.348. The van der Waals surface area contributed by atoms with Crippen LogP contribution in [0.15, 0.2) is 71.7 Å². The number of benzene rings is 2. The lowest BCUT2D eigenvalue weighted by atomic mass is 9.99. The van der Waals surface area contributed by atoms with E-state index < -0.39 is 0 Å². The Hall–Kier alpha value is -3.90. The number of H-pyrrole nitrogens is 1. The lowest BCUT2D eigenvalue weighted by molar-refractivity contribution is 0.905. The van der Waals surface area contributed by atoms with Crippen LogP contribution >= 0.6 is 11.6 Å². The van der Waals surface area contributed by atoms with E-state index in [1.54, 1.807) is 11.6 Å². The smallest absolute Gasteiger partial charge is 0.258 e. The average Bonchev–Trinajstić information content (AvgIpc) is 3.27. The SMILES string of the molecule is Cc1cc2c(cn1)cc(-c1cc(Nc3cc(-c4ccc(Cl)cc4)[nH]n3)ccc1C)c(=O)n2C. The molecule has 33 heavy (non-hydrogen) atoms. The third-order valence-corrected chi connectivity index (χ3v) is 6.03. The van der Waals surface area contributed by atoms with Crippen LogP contribution in [0.2, 0.25) is 5.02 Å². The van der Waals surface area contributed by atoms with Crippen molar-refractivity contribution < 1.29 is 0 Å². The standard InChI is InChI=1S/C26H22ClN5O/c1-15-4-9-20(29-25-13-23(30-31-25)17-5-7-19(27)8-6-17)12-21(15)22-11-18-14-28-16(2)10-24(18)32(3)26(22)33/h4-14H,1-3H3,(H2,29,30,31). The number of aromatic amines is 1. The Bertz CT molecular complexity index is 1550. The maximum absolute atomic E-state index is 13.2. The summed E-state index contributed by atoms with van der Waals surface area (Å²) in [5, 5.41) is 12.4. The van der Waals surface area contributed by atoms with E-state index in [0.29, 0.717) is 16.4 Å². The van der Waals surface area contributed by atoms with Crippen LogP contribution in [0.3, 0.4) is 0 Å². The van der Waals surface area contributed by atoms with E-state index >= 15 is 0 Å². The van der Waals surface area contributed by atoms with E-state index in [2.05, 4.69) is 20.5 Å². The number of halogens is 1. The Kier molecular flexibility index (Phi) is 5.23. The Balaban J connectivity index is 1.51. The first-order valence-corrected chi connectivity index (χ1v) is 10.9. The molecule has 5 rings (SSSR count). The fourth-order valence-electron chi connectivity index (χ4n) is 3.96. The van der Waals surface area contributed by atoms with Gasteiger partial charge < -0.3 is 9.88 Å². The van der Waals surface area contributed by atoms with Gasteiger partial charge in [-0.15, -0.1) is 0 Å². The zero-order valence-corrected chi connectivity index (χ0v) is 19.2. The molecule has 0 unspecified atom stereocenters. The van der Waals surface area contributed by atoms with Crippen LogP contribution in [-0.4, -0.2) is 19.7 Å². The van der Waals surface area contributed by atoms with Gasteiger partial charge in [0.15, 0.2) is 5.82 Å². The highest BCUT2D eigenvalue weighted by atomic mass is 35.5. The molecule has 0 aliphatic heterocycles. The molecule has 0 fully saturated rings. The van der Waals surface area contributed by atoms with Crippen LogP contribution < -0.4 is 10.9 Å². The molecule has 6 nitrogen and oxygen atoms in total. The zero-order valence-electron chi connectivity index (χ0n) is 18.5. The number of pyridine rings is 2. The van der Waals surface area contributed by atoms with E-state index in [1.165, 1.54) is 0 Å². The number of hydrogen-bond donors (Lipinski definition) is 2. The maximum Gasteiger partial charge on any atom is 0.258 e. The molecule has 3 heterocycles. The number of anilines is 2. The number of fused-ring (bicyclic) bond motifs is 1. The molecule has 0 saturated heterocycles. The summed E-state index contributed by atoms with van der Waals surface area (Å²) in [7, 11) is 1.80. The number of hydrogen-bond acceptors (Lipinski definition) is 4. The minimum Gasteiger partial charge on any atom is -0.339 e. The molecule has 0 spiro atoms. The molecule has 3 aromatic heterocycles. The van der Waals surface area contributed by atoms with Crippen molar-refractivity contribution in [3.63, 3.8) is 0 Å². The molecule has 0 amide bonds. The molecule has 164 valence electrons. The van der Waals surface area contributed by atoms with Gasteiger partial charge in [0, 0.05) is 46.7 Å².